The Kier molecular flexibility index (Phi) is 9.86. The average Bonchev–Trinajstić information content (AvgIpc) is 3.36. The number of imidazole rings is 1. The molecule has 0 aliphatic heterocycles. The fourth-order valence-electron chi connectivity index (χ4n) is 3.18. The lowest BCUT2D eigenvalue weighted by Gasteiger charge is -2.12. The SMILES string of the molecule is CN(C)C=O.N#C/C(=C(/O)COC(=O)c1ccccc1NS(=O)(=O)c1ccc(Cl)cc1)c1nc2ccccc2[nH]1. The first-order valence-corrected chi connectivity index (χ1v) is 13.4. The fourth-order valence-corrected chi connectivity index (χ4v) is 4.38. The molecule has 1 amide bonds. The summed E-state index contributed by atoms with van der Waals surface area (Å²) in [4.78, 5) is 30.7. The van der Waals surface area contributed by atoms with Crippen molar-refractivity contribution in [1.29, 1.82) is 5.26 Å². The van der Waals surface area contributed by atoms with E-state index < -0.39 is 28.4 Å². The van der Waals surface area contributed by atoms with Gasteiger partial charge in [-0.1, -0.05) is 35.9 Å². The van der Waals surface area contributed by atoms with Crippen LogP contribution in [0.1, 0.15) is 16.2 Å². The van der Waals surface area contributed by atoms with Gasteiger partial charge >= 0.3 is 5.97 Å². The number of benzene rings is 3. The largest absolute Gasteiger partial charge is 0.507 e. The monoisotopic (exact) mass is 581 g/mol. The zero-order valence-corrected chi connectivity index (χ0v) is 22.9. The Labute approximate surface area is 235 Å². The lowest BCUT2D eigenvalue weighted by molar-refractivity contribution is -0.115. The van der Waals surface area contributed by atoms with E-state index in [0.29, 0.717) is 16.1 Å². The lowest BCUT2D eigenvalue weighted by Crippen LogP contribution is -2.17. The number of fused-ring (bicyclic) bond motifs is 1. The summed E-state index contributed by atoms with van der Waals surface area (Å²) in [6, 6.07) is 20.3. The van der Waals surface area contributed by atoms with Crippen LogP contribution < -0.4 is 4.72 Å². The minimum atomic E-state index is -4.01. The smallest absolute Gasteiger partial charge is 0.340 e. The van der Waals surface area contributed by atoms with Gasteiger partial charge in [-0.05, 0) is 48.5 Å². The molecule has 0 aliphatic carbocycles. The standard InChI is InChI=1S/C24H17ClN4O5S.C3H7NO/c25-15-9-11-16(12-10-15)35(32,33)29-19-6-2-1-5-17(19)24(31)34-14-22(30)18(13-26)23-27-20-7-3-4-8-21(20)28-23;1-4(2)3-5/h1-12,29-30H,14H2,(H,27,28);3H,1-2H3/b22-18-;. The first kappa shape index (κ1) is 29.7. The molecule has 0 unspecified atom stereocenters. The van der Waals surface area contributed by atoms with Gasteiger partial charge in [-0.25, -0.2) is 18.2 Å². The first-order valence-electron chi connectivity index (χ1n) is 11.5. The summed E-state index contributed by atoms with van der Waals surface area (Å²) in [5.41, 5.74) is 0.975. The molecule has 40 heavy (non-hydrogen) atoms. The molecule has 206 valence electrons. The van der Waals surface area contributed by atoms with Crippen molar-refractivity contribution in [2.24, 2.45) is 0 Å². The van der Waals surface area contributed by atoms with E-state index in [1.807, 2.05) is 6.07 Å². The number of carbonyl (C=O) groups is 2. The highest BCUT2D eigenvalue weighted by atomic mass is 35.5. The van der Waals surface area contributed by atoms with Crippen LogP contribution in [0.15, 0.2) is 83.5 Å². The average molecular weight is 582 g/mol. The van der Waals surface area contributed by atoms with Crippen molar-refractivity contribution in [1.82, 2.24) is 14.9 Å². The molecule has 3 aromatic carbocycles. The van der Waals surface area contributed by atoms with Crippen LogP contribution in [-0.4, -0.2) is 61.5 Å². The molecular weight excluding hydrogens is 558 g/mol. The van der Waals surface area contributed by atoms with E-state index in [9.17, 15) is 28.4 Å². The van der Waals surface area contributed by atoms with Crippen molar-refractivity contribution in [3.63, 3.8) is 0 Å². The van der Waals surface area contributed by atoms with E-state index in [2.05, 4.69) is 14.7 Å². The molecule has 1 aromatic heterocycles. The zero-order valence-electron chi connectivity index (χ0n) is 21.3. The number of halogens is 1. The minimum Gasteiger partial charge on any atom is -0.507 e. The van der Waals surface area contributed by atoms with Crippen LogP contribution in [0.2, 0.25) is 5.02 Å². The number of aromatic amines is 1. The number of carbonyl (C=O) groups excluding carboxylic acids is 2. The van der Waals surface area contributed by atoms with Gasteiger partial charge in [0.1, 0.15) is 18.2 Å². The minimum absolute atomic E-state index is 0.0197. The van der Waals surface area contributed by atoms with Crippen molar-refractivity contribution in [2.75, 3.05) is 25.4 Å². The third kappa shape index (κ3) is 7.59. The van der Waals surface area contributed by atoms with Crippen LogP contribution in [0.4, 0.5) is 5.69 Å². The van der Waals surface area contributed by atoms with E-state index in [-0.39, 0.29) is 27.5 Å². The number of rotatable bonds is 8. The van der Waals surface area contributed by atoms with Crippen molar-refractivity contribution in [3.8, 4) is 6.07 Å². The third-order valence-corrected chi connectivity index (χ3v) is 6.73. The number of anilines is 1. The molecule has 11 nitrogen and oxygen atoms in total. The molecule has 0 saturated heterocycles. The number of nitrogens with one attached hydrogen (secondary N) is 2. The second-order valence-corrected chi connectivity index (χ2v) is 10.4. The molecule has 4 rings (SSSR count). The molecule has 0 bridgehead atoms. The molecule has 0 spiro atoms. The van der Waals surface area contributed by atoms with Crippen molar-refractivity contribution < 1.29 is 27.9 Å². The number of aliphatic hydroxyl groups is 1. The number of esters is 1. The number of allylic oxidation sites excluding steroid dienone is 1. The number of nitrogens with zero attached hydrogens (tertiary/aromatic N) is 3. The van der Waals surface area contributed by atoms with Gasteiger partial charge in [0.2, 0.25) is 6.41 Å². The summed E-state index contributed by atoms with van der Waals surface area (Å²) in [7, 11) is -0.639. The molecule has 3 N–H and O–H groups in total. The molecule has 0 saturated carbocycles. The third-order valence-electron chi connectivity index (χ3n) is 5.09. The zero-order chi connectivity index (χ0) is 29.3. The normalized spacial score (nSPS) is 11.3. The first-order chi connectivity index (χ1) is 19.1. The Morgan fingerprint density at radius 1 is 1.12 bits per heavy atom. The van der Waals surface area contributed by atoms with E-state index in [4.69, 9.17) is 16.3 Å². The maximum Gasteiger partial charge on any atom is 0.340 e. The second-order valence-electron chi connectivity index (χ2n) is 8.29. The number of amides is 1. The number of nitriles is 1. The van der Waals surface area contributed by atoms with E-state index in [1.54, 1.807) is 44.4 Å². The van der Waals surface area contributed by atoms with Crippen molar-refractivity contribution in [2.45, 2.75) is 4.90 Å². The van der Waals surface area contributed by atoms with Crippen LogP contribution in [0.3, 0.4) is 0 Å². The lowest BCUT2D eigenvalue weighted by atomic mass is 10.2. The van der Waals surface area contributed by atoms with Crippen LogP contribution >= 0.6 is 11.6 Å². The van der Waals surface area contributed by atoms with E-state index in [0.717, 1.165) is 6.41 Å². The highest BCUT2D eigenvalue weighted by Gasteiger charge is 2.21. The number of aliphatic hydroxyl groups excluding tert-OH is 1. The van der Waals surface area contributed by atoms with Gasteiger partial charge in [0.15, 0.2) is 11.6 Å². The van der Waals surface area contributed by atoms with E-state index in [1.165, 1.54) is 47.4 Å². The Balaban J connectivity index is 0.000000810. The molecule has 13 heteroatoms. The summed E-state index contributed by atoms with van der Waals surface area (Å²) in [5, 5.41) is 20.3. The fraction of sp³-hybridized carbons (Fsp3) is 0.111. The Morgan fingerprint density at radius 3 is 2.38 bits per heavy atom. The molecule has 0 aliphatic rings. The van der Waals surface area contributed by atoms with E-state index >= 15 is 0 Å². The molecule has 0 radical (unpaired) electrons. The van der Waals surface area contributed by atoms with Crippen molar-refractivity contribution >= 4 is 56.3 Å². The Bertz CT molecular complexity index is 1660. The van der Waals surface area contributed by atoms with Gasteiger partial charge in [-0.2, -0.15) is 5.26 Å². The van der Waals surface area contributed by atoms with Crippen LogP contribution in [0, 0.1) is 11.3 Å². The maximum atomic E-state index is 12.7. The molecule has 4 aromatic rings. The Morgan fingerprint density at radius 2 is 1.75 bits per heavy atom. The van der Waals surface area contributed by atoms with Crippen LogP contribution in [0.5, 0.6) is 0 Å². The van der Waals surface area contributed by atoms with Gasteiger partial charge < -0.3 is 19.7 Å². The highest BCUT2D eigenvalue weighted by molar-refractivity contribution is 7.92. The number of aromatic nitrogens is 2. The summed E-state index contributed by atoms with van der Waals surface area (Å²) < 4.78 is 32.9. The molecule has 1 heterocycles. The topological polar surface area (TPSA) is 165 Å². The maximum absolute atomic E-state index is 12.7. The number of sulfonamides is 1. The number of hydrogen-bond donors (Lipinski definition) is 3. The number of ether oxygens (including phenoxy) is 1. The molecular formula is C27H24ClN5O6S. The Hall–Kier alpha value is -4.86. The highest BCUT2D eigenvalue weighted by Crippen LogP contribution is 2.23. The number of para-hydroxylation sites is 3. The van der Waals surface area contributed by atoms with Crippen LogP contribution in [-0.2, 0) is 19.6 Å². The summed E-state index contributed by atoms with van der Waals surface area (Å²) in [6.45, 7) is -0.628. The summed E-state index contributed by atoms with van der Waals surface area (Å²) in [5.74, 6) is -1.30. The molecule has 0 atom stereocenters. The van der Waals surface area contributed by atoms with Crippen LogP contribution in [0.25, 0.3) is 16.6 Å². The summed E-state index contributed by atoms with van der Waals surface area (Å²) >= 11 is 5.81. The van der Waals surface area contributed by atoms with Gasteiger partial charge in [-0.3, -0.25) is 9.52 Å². The quantitative estimate of drug-likeness (QED) is 0.119. The predicted molar refractivity (Wildman–Crippen MR) is 150 cm³/mol. The van der Waals surface area contributed by atoms with Crippen molar-refractivity contribution in [3.05, 3.63) is 95.0 Å². The summed E-state index contributed by atoms with van der Waals surface area (Å²) in [6.07, 6.45) is 0.750. The van der Waals surface area contributed by atoms with Gasteiger partial charge in [-0.15, -0.1) is 0 Å². The number of hydrogen-bond acceptors (Lipinski definition) is 8. The number of H-pyrrole nitrogens is 1. The van der Waals surface area contributed by atoms with Gasteiger partial charge in [0, 0.05) is 19.1 Å². The predicted octanol–water partition coefficient (Wildman–Crippen LogP) is 4.37. The second kappa shape index (κ2) is 13.3. The van der Waals surface area contributed by atoms with Gasteiger partial charge in [0.05, 0.1) is 27.2 Å². The van der Waals surface area contributed by atoms with Gasteiger partial charge in [0.25, 0.3) is 10.0 Å². The molecule has 0 fully saturated rings.